The Kier molecular flexibility index (Phi) is 11.4. The number of aliphatic imine (C=N–C) groups is 1. The number of alkyl carbamates (subject to hydrolysis) is 1. The van der Waals surface area contributed by atoms with E-state index in [2.05, 4.69) is 10.4 Å². The van der Waals surface area contributed by atoms with E-state index in [4.69, 9.17) is 31.8 Å². The Morgan fingerprint density at radius 2 is 1.73 bits per heavy atom. The van der Waals surface area contributed by atoms with Crippen LogP contribution in [0.15, 0.2) is 90.2 Å². The quantitative estimate of drug-likeness (QED) is 0.133. The van der Waals surface area contributed by atoms with Crippen LogP contribution in [0, 0.1) is 11.3 Å². The molecule has 2 heterocycles. The second-order valence-corrected chi connectivity index (χ2v) is 15.3. The van der Waals surface area contributed by atoms with Gasteiger partial charge in [-0.25, -0.2) is 14.5 Å². The molecule has 2 aliphatic rings. The molecule has 0 spiro atoms. The van der Waals surface area contributed by atoms with Gasteiger partial charge in [0.1, 0.15) is 13.2 Å². The number of carbonyl (C=O) groups excluding carboxylic acids is 4. The van der Waals surface area contributed by atoms with Crippen molar-refractivity contribution in [2.24, 2.45) is 22.1 Å². The molecule has 0 unspecified atom stereocenters. The van der Waals surface area contributed by atoms with Crippen LogP contribution in [0.1, 0.15) is 86.1 Å². The highest BCUT2D eigenvalue weighted by molar-refractivity contribution is 6.33. The number of primary amides is 1. The van der Waals surface area contributed by atoms with Crippen LogP contribution in [0.2, 0.25) is 5.02 Å². The Bertz CT molecular complexity index is 2100. The summed E-state index contributed by atoms with van der Waals surface area (Å²) < 4.78 is 38.4. The van der Waals surface area contributed by atoms with Crippen molar-refractivity contribution in [3.8, 4) is 11.1 Å². The number of nitrogens with one attached hydrogen (secondary N) is 1. The number of ether oxygens (including phenoxy) is 2. The minimum absolute atomic E-state index is 0.0273. The largest absolute Gasteiger partial charge is 0.463 e. The molecule has 4 aromatic rings. The van der Waals surface area contributed by atoms with Crippen molar-refractivity contribution in [3.63, 3.8) is 0 Å². The lowest BCUT2D eigenvalue weighted by molar-refractivity contribution is -0.148. The van der Waals surface area contributed by atoms with Gasteiger partial charge in [0, 0.05) is 18.2 Å². The average molecular weight is 775 g/mol. The van der Waals surface area contributed by atoms with E-state index < -0.39 is 47.4 Å². The van der Waals surface area contributed by atoms with Gasteiger partial charge in [-0.05, 0) is 65.0 Å². The molecule has 1 aliphatic heterocycles. The second-order valence-electron chi connectivity index (χ2n) is 14.9. The number of esters is 1. The number of hydrogen-bond donors (Lipinski definition) is 2. The molecule has 12 nitrogen and oxygen atoms in total. The maximum absolute atomic E-state index is 15.3. The molecule has 15 heteroatoms. The van der Waals surface area contributed by atoms with Crippen LogP contribution in [0.5, 0.6) is 0 Å². The van der Waals surface area contributed by atoms with E-state index in [0.717, 1.165) is 18.4 Å². The first kappa shape index (κ1) is 39.1. The van der Waals surface area contributed by atoms with E-state index in [0.29, 0.717) is 26.9 Å². The molecular weight excluding hydrogens is 734 g/mol. The molecule has 0 saturated heterocycles. The van der Waals surface area contributed by atoms with Crippen LogP contribution in [-0.4, -0.2) is 51.1 Å². The number of guanidine groups is 1. The summed E-state index contributed by atoms with van der Waals surface area (Å²) in [7, 11) is 0. The highest BCUT2D eigenvalue weighted by Crippen LogP contribution is 2.46. The van der Waals surface area contributed by atoms with Crippen LogP contribution in [0.3, 0.4) is 0 Å². The molecule has 6 rings (SSSR count). The lowest BCUT2D eigenvalue weighted by Crippen LogP contribution is -2.49. The predicted octanol–water partition coefficient (Wildman–Crippen LogP) is 7.54. The van der Waals surface area contributed by atoms with Crippen molar-refractivity contribution in [3.05, 3.63) is 112 Å². The van der Waals surface area contributed by atoms with E-state index in [1.54, 1.807) is 54.6 Å². The Morgan fingerprint density at radius 3 is 2.35 bits per heavy atom. The SMILES string of the molecule is CC(C)(C)C[C@]1(c2ccc(-c3cnn(C(F)F)c3)cc2)N=C(NC(=O)OCc2ccccc2)N([C@H](COC(=O)CC2CC2)c2ccc(Cl)c(C(N)=O)c2)C1=O. The molecule has 1 aliphatic carbocycles. The van der Waals surface area contributed by atoms with Gasteiger partial charge in [0.05, 0.1) is 22.8 Å². The molecule has 1 saturated carbocycles. The topological polar surface area (TPSA) is 158 Å². The molecule has 55 heavy (non-hydrogen) atoms. The molecule has 288 valence electrons. The number of nitrogens with two attached hydrogens (primary N) is 1. The Hall–Kier alpha value is -5.63. The van der Waals surface area contributed by atoms with Crippen molar-refractivity contribution in [2.45, 2.75) is 71.2 Å². The Morgan fingerprint density at radius 1 is 1.02 bits per heavy atom. The van der Waals surface area contributed by atoms with E-state index in [1.165, 1.54) is 29.4 Å². The summed E-state index contributed by atoms with van der Waals surface area (Å²) >= 11 is 6.32. The zero-order valence-electron chi connectivity index (χ0n) is 30.5. The van der Waals surface area contributed by atoms with E-state index in [-0.39, 0.29) is 48.5 Å². The highest BCUT2D eigenvalue weighted by atomic mass is 35.5. The molecule has 3 aromatic carbocycles. The van der Waals surface area contributed by atoms with Crippen molar-refractivity contribution >= 4 is 41.4 Å². The fourth-order valence-corrected chi connectivity index (χ4v) is 6.77. The number of aromatic nitrogens is 2. The van der Waals surface area contributed by atoms with E-state index in [1.807, 2.05) is 26.8 Å². The first-order valence-corrected chi connectivity index (χ1v) is 18.1. The minimum Gasteiger partial charge on any atom is -0.463 e. The van der Waals surface area contributed by atoms with Crippen LogP contribution >= 0.6 is 11.6 Å². The van der Waals surface area contributed by atoms with Crippen molar-refractivity contribution in [1.82, 2.24) is 20.0 Å². The normalized spacial score (nSPS) is 17.5. The second kappa shape index (κ2) is 16.0. The zero-order chi connectivity index (χ0) is 39.5. The fourth-order valence-electron chi connectivity index (χ4n) is 6.56. The molecule has 3 amide bonds. The summed E-state index contributed by atoms with van der Waals surface area (Å²) in [5, 5.41) is 6.47. The number of alkyl halides is 2. The molecular formula is C40H41ClF2N6O6. The first-order valence-electron chi connectivity index (χ1n) is 17.7. The van der Waals surface area contributed by atoms with Gasteiger partial charge in [0.25, 0.3) is 5.91 Å². The van der Waals surface area contributed by atoms with Crippen LogP contribution in [0.25, 0.3) is 11.1 Å². The van der Waals surface area contributed by atoms with Gasteiger partial charge in [-0.1, -0.05) is 93.0 Å². The van der Waals surface area contributed by atoms with E-state index >= 15 is 4.79 Å². The van der Waals surface area contributed by atoms with Crippen molar-refractivity contribution < 1.29 is 37.4 Å². The summed E-state index contributed by atoms with van der Waals surface area (Å²) in [6.07, 6.45) is 3.80. The van der Waals surface area contributed by atoms with Gasteiger partial charge in [0.15, 0.2) is 5.54 Å². The number of halogens is 3. The van der Waals surface area contributed by atoms with Crippen LogP contribution < -0.4 is 11.1 Å². The summed E-state index contributed by atoms with van der Waals surface area (Å²) in [5.74, 6) is -1.82. The fraction of sp³-hybridized carbons (Fsp3) is 0.350. The average Bonchev–Trinajstić information content (AvgIpc) is 3.73. The lowest BCUT2D eigenvalue weighted by Gasteiger charge is -2.35. The third-order valence-electron chi connectivity index (χ3n) is 9.31. The smallest absolute Gasteiger partial charge is 0.414 e. The first-order chi connectivity index (χ1) is 26.1. The summed E-state index contributed by atoms with van der Waals surface area (Å²) in [5.41, 5.74) is 5.94. The zero-order valence-corrected chi connectivity index (χ0v) is 31.3. The third kappa shape index (κ3) is 9.19. The van der Waals surface area contributed by atoms with Gasteiger partial charge in [0.2, 0.25) is 11.9 Å². The summed E-state index contributed by atoms with van der Waals surface area (Å²) in [4.78, 5) is 60.4. The van der Waals surface area contributed by atoms with Gasteiger partial charge in [-0.3, -0.25) is 24.6 Å². The number of benzene rings is 3. The van der Waals surface area contributed by atoms with Gasteiger partial charge >= 0.3 is 18.6 Å². The number of rotatable bonds is 13. The maximum Gasteiger partial charge on any atom is 0.414 e. The van der Waals surface area contributed by atoms with Gasteiger partial charge in [-0.15, -0.1) is 0 Å². The highest BCUT2D eigenvalue weighted by Gasteiger charge is 2.54. The standard InChI is InChI=1S/C40H41ClF2N6O6/c1-39(2,3)23-40(29-14-11-26(12-15-29)28-19-45-48(20-28)36(42)43)35(52)49(37(47-40)46-38(53)55-21-25-7-5-4-6-8-25)32(22-54-33(50)17-24-9-10-24)27-13-16-31(41)30(18-27)34(44)51/h4-8,11-16,18-20,24,32,36H,9-10,17,21-23H2,1-3H3,(H2,44,51)(H,46,47,53)/t32-,40-/m1/s1. The predicted molar refractivity (Wildman–Crippen MR) is 200 cm³/mol. The van der Waals surface area contributed by atoms with Crippen molar-refractivity contribution in [2.75, 3.05) is 6.61 Å². The number of carbonyl (C=O) groups is 4. The summed E-state index contributed by atoms with van der Waals surface area (Å²) in [6.45, 7) is 2.55. The third-order valence-corrected chi connectivity index (χ3v) is 9.64. The molecule has 3 N–H and O–H groups in total. The summed E-state index contributed by atoms with van der Waals surface area (Å²) in [6, 6.07) is 19.0. The number of nitrogens with zero attached hydrogens (tertiary/aromatic N) is 4. The molecule has 1 fully saturated rings. The molecule has 2 atom stereocenters. The molecule has 0 radical (unpaired) electrons. The van der Waals surface area contributed by atoms with Crippen LogP contribution in [0.4, 0.5) is 13.6 Å². The monoisotopic (exact) mass is 774 g/mol. The van der Waals surface area contributed by atoms with Crippen LogP contribution in [-0.2, 0) is 31.2 Å². The number of amides is 3. The van der Waals surface area contributed by atoms with Crippen molar-refractivity contribution in [1.29, 1.82) is 0 Å². The Labute approximate surface area is 321 Å². The Balaban J connectivity index is 1.44. The minimum atomic E-state index is -2.81. The molecule has 1 aromatic heterocycles. The lowest BCUT2D eigenvalue weighted by atomic mass is 9.75. The maximum atomic E-state index is 15.3. The van der Waals surface area contributed by atoms with E-state index in [9.17, 15) is 23.2 Å². The van der Waals surface area contributed by atoms with Gasteiger partial charge < -0.3 is 15.2 Å². The molecule has 0 bridgehead atoms. The number of hydrogen-bond acceptors (Lipinski definition) is 8. The van der Waals surface area contributed by atoms with Gasteiger partial charge in [-0.2, -0.15) is 13.9 Å².